The van der Waals surface area contributed by atoms with Crippen molar-refractivity contribution >= 4 is 34.1 Å². The Morgan fingerprint density at radius 3 is 2.75 bits per heavy atom. The molecule has 0 atom stereocenters. The second-order valence-electron chi connectivity index (χ2n) is 3.88. The van der Waals surface area contributed by atoms with Gasteiger partial charge in [0.1, 0.15) is 5.01 Å². The maximum atomic E-state index is 12.0. The number of aromatic nitrogens is 2. The fraction of sp³-hybridized carbons (Fsp3) is 0.167. The van der Waals surface area contributed by atoms with Crippen molar-refractivity contribution in [2.24, 2.45) is 5.73 Å². The summed E-state index contributed by atoms with van der Waals surface area (Å²) in [6.45, 7) is 1.96. The maximum Gasteiger partial charge on any atom is 0.316 e. The Kier molecular flexibility index (Phi) is 4.26. The van der Waals surface area contributed by atoms with Gasteiger partial charge in [-0.25, -0.2) is 4.79 Å². The quantitative estimate of drug-likeness (QED) is 0.798. The number of nitrogens with one attached hydrogen (secondary N) is 2. The summed E-state index contributed by atoms with van der Waals surface area (Å²) in [5.74, 6) is -0.322. The number of hydrogen-bond acceptors (Lipinski definition) is 5. The molecule has 0 saturated heterocycles. The molecule has 0 unspecified atom stereocenters. The summed E-state index contributed by atoms with van der Waals surface area (Å²) in [5, 5.41) is 14.2. The molecule has 0 aliphatic heterocycles. The molecule has 1 heterocycles. The van der Waals surface area contributed by atoms with Crippen LogP contribution in [0.5, 0.6) is 0 Å². The highest BCUT2D eigenvalue weighted by Crippen LogP contribution is 2.17. The van der Waals surface area contributed by atoms with E-state index in [0.717, 1.165) is 11.4 Å². The fourth-order valence-electron chi connectivity index (χ4n) is 1.50. The number of carbonyl (C=O) groups is 2. The van der Waals surface area contributed by atoms with E-state index in [0.29, 0.717) is 16.4 Å². The number of carbonyl (C=O) groups excluding carboxylic acids is 2. The van der Waals surface area contributed by atoms with Crippen molar-refractivity contribution < 1.29 is 9.59 Å². The molecule has 20 heavy (non-hydrogen) atoms. The standard InChI is InChI=1S/C12H13N5O2S/c1-2-9-16-17-12(20-9)15-10(18)7-4-3-5-8(6-7)14-11(13)19/h3-6H,2H2,1H3,(H3,13,14,19)(H,15,17,18). The van der Waals surface area contributed by atoms with Crippen LogP contribution in [0.25, 0.3) is 0 Å². The Bertz CT molecular complexity index is 640. The van der Waals surface area contributed by atoms with Crippen molar-refractivity contribution in [3.63, 3.8) is 0 Å². The first kappa shape index (κ1) is 13.9. The van der Waals surface area contributed by atoms with Gasteiger partial charge in [0.25, 0.3) is 5.91 Å². The van der Waals surface area contributed by atoms with E-state index >= 15 is 0 Å². The first-order valence-electron chi connectivity index (χ1n) is 5.88. The zero-order valence-electron chi connectivity index (χ0n) is 10.7. The molecule has 2 aromatic rings. The third-order valence-electron chi connectivity index (χ3n) is 2.38. The number of primary amides is 1. The van der Waals surface area contributed by atoms with Crippen LogP contribution in [-0.2, 0) is 6.42 Å². The van der Waals surface area contributed by atoms with Gasteiger partial charge in [0.2, 0.25) is 5.13 Å². The fourth-order valence-corrected chi connectivity index (χ4v) is 2.17. The predicted octanol–water partition coefficient (Wildman–Crippen LogP) is 1.84. The summed E-state index contributed by atoms with van der Waals surface area (Å²) < 4.78 is 0. The number of benzene rings is 1. The molecule has 104 valence electrons. The number of amides is 3. The van der Waals surface area contributed by atoms with E-state index < -0.39 is 6.03 Å². The number of nitrogens with two attached hydrogens (primary N) is 1. The second-order valence-corrected chi connectivity index (χ2v) is 4.94. The van der Waals surface area contributed by atoms with E-state index in [1.165, 1.54) is 17.4 Å². The normalized spacial score (nSPS) is 10.1. The summed E-state index contributed by atoms with van der Waals surface area (Å²) in [7, 11) is 0. The average molecular weight is 291 g/mol. The Morgan fingerprint density at radius 1 is 1.30 bits per heavy atom. The number of hydrogen-bond donors (Lipinski definition) is 3. The topological polar surface area (TPSA) is 110 Å². The largest absolute Gasteiger partial charge is 0.351 e. The molecule has 7 nitrogen and oxygen atoms in total. The van der Waals surface area contributed by atoms with Crippen LogP contribution >= 0.6 is 11.3 Å². The van der Waals surface area contributed by atoms with E-state index in [1.807, 2.05) is 6.92 Å². The molecule has 4 N–H and O–H groups in total. The van der Waals surface area contributed by atoms with Gasteiger partial charge in [-0.2, -0.15) is 0 Å². The van der Waals surface area contributed by atoms with Crippen molar-refractivity contribution in [2.45, 2.75) is 13.3 Å². The zero-order valence-corrected chi connectivity index (χ0v) is 11.5. The van der Waals surface area contributed by atoms with E-state index in [-0.39, 0.29) is 5.91 Å². The predicted molar refractivity (Wildman–Crippen MR) is 76.9 cm³/mol. The van der Waals surface area contributed by atoms with Gasteiger partial charge in [0.05, 0.1) is 0 Å². The monoisotopic (exact) mass is 291 g/mol. The van der Waals surface area contributed by atoms with Crippen LogP contribution in [0.2, 0.25) is 0 Å². The Hall–Kier alpha value is -2.48. The number of rotatable bonds is 4. The van der Waals surface area contributed by atoms with Gasteiger partial charge in [-0.15, -0.1) is 10.2 Å². The third kappa shape index (κ3) is 3.51. The lowest BCUT2D eigenvalue weighted by Gasteiger charge is -2.05. The number of anilines is 2. The molecule has 0 spiro atoms. The zero-order chi connectivity index (χ0) is 14.5. The molecule has 0 fully saturated rings. The van der Waals surface area contributed by atoms with Gasteiger partial charge in [-0.05, 0) is 24.6 Å². The molecule has 0 aliphatic rings. The molecule has 0 aliphatic carbocycles. The lowest BCUT2D eigenvalue weighted by molar-refractivity contribution is 0.102. The molecule has 2 rings (SSSR count). The van der Waals surface area contributed by atoms with E-state index in [2.05, 4.69) is 20.8 Å². The van der Waals surface area contributed by atoms with Crippen LogP contribution in [0, 0.1) is 0 Å². The Balaban J connectivity index is 2.10. The van der Waals surface area contributed by atoms with Crippen LogP contribution < -0.4 is 16.4 Å². The van der Waals surface area contributed by atoms with Crippen LogP contribution in [0.3, 0.4) is 0 Å². The number of nitrogens with zero attached hydrogens (tertiary/aromatic N) is 2. The lowest BCUT2D eigenvalue weighted by atomic mass is 10.2. The van der Waals surface area contributed by atoms with Crippen LogP contribution in [0.15, 0.2) is 24.3 Å². The average Bonchev–Trinajstić information content (AvgIpc) is 2.86. The minimum atomic E-state index is -0.681. The van der Waals surface area contributed by atoms with Crippen LogP contribution in [-0.4, -0.2) is 22.1 Å². The van der Waals surface area contributed by atoms with Gasteiger partial charge < -0.3 is 11.1 Å². The number of urea groups is 1. The van der Waals surface area contributed by atoms with Crippen molar-refractivity contribution in [1.29, 1.82) is 0 Å². The minimum Gasteiger partial charge on any atom is -0.351 e. The summed E-state index contributed by atoms with van der Waals surface area (Å²) in [6.07, 6.45) is 0.769. The molecule has 1 aromatic carbocycles. The summed E-state index contributed by atoms with van der Waals surface area (Å²) in [6, 6.07) is 5.77. The highest BCUT2D eigenvalue weighted by Gasteiger charge is 2.10. The molecule has 8 heteroatoms. The highest BCUT2D eigenvalue weighted by molar-refractivity contribution is 7.15. The smallest absolute Gasteiger partial charge is 0.316 e. The summed E-state index contributed by atoms with van der Waals surface area (Å²) in [4.78, 5) is 22.8. The lowest BCUT2D eigenvalue weighted by Crippen LogP contribution is -2.19. The number of aryl methyl sites for hydroxylation is 1. The SMILES string of the molecule is CCc1nnc(NC(=O)c2cccc(NC(N)=O)c2)s1. The summed E-state index contributed by atoms with van der Waals surface area (Å²) >= 11 is 1.33. The van der Waals surface area contributed by atoms with Gasteiger partial charge >= 0.3 is 6.03 Å². The van der Waals surface area contributed by atoms with Crippen molar-refractivity contribution in [1.82, 2.24) is 10.2 Å². The maximum absolute atomic E-state index is 12.0. The molecule has 1 aromatic heterocycles. The highest BCUT2D eigenvalue weighted by atomic mass is 32.1. The molecular formula is C12H13N5O2S. The van der Waals surface area contributed by atoms with E-state index in [1.54, 1.807) is 18.2 Å². The molecule has 0 saturated carbocycles. The van der Waals surface area contributed by atoms with Gasteiger partial charge in [-0.1, -0.05) is 24.3 Å². The minimum absolute atomic E-state index is 0.322. The second kappa shape index (κ2) is 6.11. The molecule has 3 amide bonds. The molecule has 0 radical (unpaired) electrons. The third-order valence-corrected chi connectivity index (χ3v) is 3.37. The van der Waals surface area contributed by atoms with E-state index in [4.69, 9.17) is 5.73 Å². The molecular weight excluding hydrogens is 278 g/mol. The summed E-state index contributed by atoms with van der Waals surface area (Å²) in [5.41, 5.74) is 5.87. The molecule has 0 bridgehead atoms. The van der Waals surface area contributed by atoms with Gasteiger partial charge in [0.15, 0.2) is 0 Å². The first-order valence-corrected chi connectivity index (χ1v) is 6.70. The first-order chi connectivity index (χ1) is 9.58. The Labute approximate surface area is 119 Å². The van der Waals surface area contributed by atoms with E-state index in [9.17, 15) is 9.59 Å². The van der Waals surface area contributed by atoms with Crippen LogP contribution in [0.1, 0.15) is 22.3 Å². The van der Waals surface area contributed by atoms with Gasteiger partial charge in [-0.3, -0.25) is 10.1 Å². The van der Waals surface area contributed by atoms with Crippen molar-refractivity contribution in [3.05, 3.63) is 34.8 Å². The van der Waals surface area contributed by atoms with Crippen molar-refractivity contribution in [2.75, 3.05) is 10.6 Å². The van der Waals surface area contributed by atoms with Crippen LogP contribution in [0.4, 0.5) is 15.6 Å². The Morgan fingerprint density at radius 2 is 2.10 bits per heavy atom. The van der Waals surface area contributed by atoms with Gasteiger partial charge in [0, 0.05) is 11.3 Å². The van der Waals surface area contributed by atoms with Crippen molar-refractivity contribution in [3.8, 4) is 0 Å².